The van der Waals surface area contributed by atoms with E-state index in [0.29, 0.717) is 32.4 Å². The maximum atomic E-state index is 13.2. The molecule has 0 radical (unpaired) electrons. The third-order valence-electron chi connectivity index (χ3n) is 5.08. The van der Waals surface area contributed by atoms with Gasteiger partial charge in [-0.25, -0.2) is 0 Å². The van der Waals surface area contributed by atoms with Crippen molar-refractivity contribution in [1.29, 1.82) is 0 Å². The van der Waals surface area contributed by atoms with Crippen LogP contribution in [0, 0.1) is 13.8 Å². The Morgan fingerprint density at radius 1 is 1.03 bits per heavy atom. The largest absolute Gasteiger partial charge is 0.494 e. The number of amides is 2. The maximum absolute atomic E-state index is 13.2. The van der Waals surface area contributed by atoms with Crippen molar-refractivity contribution in [2.75, 3.05) is 6.61 Å². The lowest BCUT2D eigenvalue weighted by Crippen LogP contribution is -2.50. The lowest BCUT2D eigenvalue weighted by atomic mass is 10.1. The fourth-order valence-corrected chi connectivity index (χ4v) is 3.50. The van der Waals surface area contributed by atoms with E-state index in [1.54, 1.807) is 4.90 Å². The lowest BCUT2D eigenvalue weighted by Gasteiger charge is -2.31. The molecule has 2 aromatic rings. The average Bonchev–Trinajstić information content (AvgIpc) is 2.71. The van der Waals surface area contributed by atoms with E-state index in [9.17, 15) is 9.59 Å². The molecular formula is C26H36N2O3. The SMILES string of the molecule is CC[C@@H](C(=O)NC(C)C)N(Cc1cccc(C)c1)C(=O)CCCOc1ccc(C)cc1. The molecule has 31 heavy (non-hydrogen) atoms. The van der Waals surface area contributed by atoms with E-state index in [2.05, 4.69) is 11.4 Å². The van der Waals surface area contributed by atoms with E-state index in [-0.39, 0.29) is 17.9 Å². The van der Waals surface area contributed by atoms with Crippen molar-refractivity contribution in [3.8, 4) is 5.75 Å². The number of aryl methyl sites for hydroxylation is 2. The summed E-state index contributed by atoms with van der Waals surface area (Å²) in [7, 11) is 0. The highest BCUT2D eigenvalue weighted by Gasteiger charge is 2.28. The molecule has 0 aliphatic heterocycles. The predicted octanol–water partition coefficient (Wildman–Crippen LogP) is 4.79. The van der Waals surface area contributed by atoms with Crippen molar-refractivity contribution in [1.82, 2.24) is 10.2 Å². The molecule has 0 heterocycles. The number of carbonyl (C=O) groups excluding carboxylic acids is 2. The van der Waals surface area contributed by atoms with Gasteiger partial charge in [-0.2, -0.15) is 0 Å². The minimum Gasteiger partial charge on any atom is -0.494 e. The number of carbonyl (C=O) groups is 2. The second-order valence-electron chi connectivity index (χ2n) is 8.36. The summed E-state index contributed by atoms with van der Waals surface area (Å²) in [5.41, 5.74) is 3.34. The van der Waals surface area contributed by atoms with Crippen LogP contribution in [-0.2, 0) is 16.1 Å². The fourth-order valence-electron chi connectivity index (χ4n) is 3.50. The second kappa shape index (κ2) is 12.1. The minimum absolute atomic E-state index is 0.0280. The minimum atomic E-state index is -0.492. The summed E-state index contributed by atoms with van der Waals surface area (Å²) < 4.78 is 5.76. The van der Waals surface area contributed by atoms with E-state index < -0.39 is 6.04 Å². The van der Waals surface area contributed by atoms with Gasteiger partial charge in [-0.15, -0.1) is 0 Å². The molecule has 0 bridgehead atoms. The molecule has 1 atom stereocenters. The third-order valence-corrected chi connectivity index (χ3v) is 5.08. The molecular weight excluding hydrogens is 388 g/mol. The van der Waals surface area contributed by atoms with Gasteiger partial charge in [0, 0.05) is 19.0 Å². The van der Waals surface area contributed by atoms with Gasteiger partial charge in [0.05, 0.1) is 6.61 Å². The molecule has 5 nitrogen and oxygen atoms in total. The third kappa shape index (κ3) is 8.08. The smallest absolute Gasteiger partial charge is 0.243 e. The van der Waals surface area contributed by atoms with E-state index in [0.717, 1.165) is 16.9 Å². The highest BCUT2D eigenvalue weighted by atomic mass is 16.5. The van der Waals surface area contributed by atoms with E-state index in [1.807, 2.05) is 77.1 Å². The molecule has 0 aliphatic carbocycles. The van der Waals surface area contributed by atoms with Crippen molar-refractivity contribution in [3.63, 3.8) is 0 Å². The summed E-state index contributed by atoms with van der Waals surface area (Å²) >= 11 is 0. The molecule has 168 valence electrons. The van der Waals surface area contributed by atoms with Gasteiger partial charge in [0.25, 0.3) is 0 Å². The molecule has 0 unspecified atom stereocenters. The molecule has 0 aliphatic rings. The molecule has 0 saturated carbocycles. The van der Waals surface area contributed by atoms with Crippen LogP contribution >= 0.6 is 0 Å². The van der Waals surface area contributed by atoms with Crippen LogP contribution in [0.1, 0.15) is 56.7 Å². The molecule has 2 rings (SSSR count). The van der Waals surface area contributed by atoms with Crippen LogP contribution < -0.4 is 10.1 Å². The number of rotatable bonds is 11. The Bertz CT molecular complexity index is 846. The predicted molar refractivity (Wildman–Crippen MR) is 125 cm³/mol. The summed E-state index contributed by atoms with van der Waals surface area (Å²) in [6, 6.07) is 15.5. The average molecular weight is 425 g/mol. The van der Waals surface area contributed by atoms with Gasteiger partial charge in [-0.1, -0.05) is 54.4 Å². The zero-order valence-corrected chi connectivity index (χ0v) is 19.5. The van der Waals surface area contributed by atoms with E-state index in [4.69, 9.17) is 4.74 Å². The molecule has 0 fully saturated rings. The Morgan fingerprint density at radius 2 is 1.74 bits per heavy atom. The summed E-state index contributed by atoms with van der Waals surface area (Å²) in [6.45, 7) is 10.7. The Hall–Kier alpha value is -2.82. The van der Waals surface area contributed by atoms with Crippen LogP contribution in [0.4, 0.5) is 0 Å². The molecule has 0 saturated heterocycles. The summed E-state index contributed by atoms with van der Waals surface area (Å²) in [6.07, 6.45) is 1.50. The first-order valence-corrected chi connectivity index (χ1v) is 11.1. The monoisotopic (exact) mass is 424 g/mol. The number of hydrogen-bond donors (Lipinski definition) is 1. The van der Waals surface area contributed by atoms with Gasteiger partial charge in [0.2, 0.25) is 11.8 Å². The maximum Gasteiger partial charge on any atom is 0.243 e. The Morgan fingerprint density at radius 3 is 2.35 bits per heavy atom. The number of nitrogens with zero attached hydrogens (tertiary/aromatic N) is 1. The Kier molecular flexibility index (Phi) is 9.57. The lowest BCUT2D eigenvalue weighted by molar-refractivity contribution is -0.141. The van der Waals surface area contributed by atoms with Crippen molar-refractivity contribution in [3.05, 3.63) is 65.2 Å². The van der Waals surface area contributed by atoms with Gasteiger partial charge in [0.15, 0.2) is 0 Å². The first kappa shape index (κ1) is 24.4. The molecule has 5 heteroatoms. The molecule has 0 spiro atoms. The van der Waals surface area contributed by atoms with Crippen molar-refractivity contribution >= 4 is 11.8 Å². The van der Waals surface area contributed by atoms with Crippen molar-refractivity contribution < 1.29 is 14.3 Å². The van der Waals surface area contributed by atoms with Gasteiger partial charge in [-0.3, -0.25) is 9.59 Å². The summed E-state index contributed by atoms with van der Waals surface area (Å²) in [5.74, 6) is 0.673. The normalized spacial score (nSPS) is 11.8. The van der Waals surface area contributed by atoms with Crippen LogP contribution in [0.5, 0.6) is 5.75 Å². The topological polar surface area (TPSA) is 58.6 Å². The highest BCUT2D eigenvalue weighted by molar-refractivity contribution is 5.87. The van der Waals surface area contributed by atoms with Gasteiger partial charge < -0.3 is 15.0 Å². The molecule has 1 N–H and O–H groups in total. The summed E-state index contributed by atoms with van der Waals surface area (Å²) in [4.78, 5) is 27.7. The fraction of sp³-hybridized carbons (Fsp3) is 0.462. The van der Waals surface area contributed by atoms with Crippen molar-refractivity contribution in [2.24, 2.45) is 0 Å². The number of nitrogens with one attached hydrogen (secondary N) is 1. The van der Waals surface area contributed by atoms with Crippen molar-refractivity contribution in [2.45, 2.75) is 72.5 Å². The highest BCUT2D eigenvalue weighted by Crippen LogP contribution is 2.16. The summed E-state index contributed by atoms with van der Waals surface area (Å²) in [5, 5.41) is 2.96. The second-order valence-corrected chi connectivity index (χ2v) is 8.36. The first-order chi connectivity index (χ1) is 14.8. The van der Waals surface area contributed by atoms with Crippen LogP contribution in [0.25, 0.3) is 0 Å². The van der Waals surface area contributed by atoms with Gasteiger partial charge in [-0.05, 0) is 58.2 Å². The Labute approximate surface area is 186 Å². The van der Waals surface area contributed by atoms with Crippen LogP contribution in [0.3, 0.4) is 0 Å². The number of hydrogen-bond acceptors (Lipinski definition) is 3. The quantitative estimate of drug-likeness (QED) is 0.528. The van der Waals surface area contributed by atoms with Crippen LogP contribution in [0.15, 0.2) is 48.5 Å². The van der Waals surface area contributed by atoms with Gasteiger partial charge in [0.1, 0.15) is 11.8 Å². The first-order valence-electron chi connectivity index (χ1n) is 11.1. The zero-order valence-electron chi connectivity index (χ0n) is 19.5. The Balaban J connectivity index is 2.05. The molecule has 2 aromatic carbocycles. The van der Waals surface area contributed by atoms with E-state index in [1.165, 1.54) is 5.56 Å². The zero-order chi connectivity index (χ0) is 22.8. The molecule has 2 amide bonds. The van der Waals surface area contributed by atoms with Gasteiger partial charge >= 0.3 is 0 Å². The van der Waals surface area contributed by atoms with E-state index >= 15 is 0 Å². The number of ether oxygens (including phenoxy) is 1. The van der Waals surface area contributed by atoms with Crippen LogP contribution in [-0.4, -0.2) is 35.4 Å². The number of benzene rings is 2. The molecule has 0 aromatic heterocycles. The van der Waals surface area contributed by atoms with Crippen LogP contribution in [0.2, 0.25) is 0 Å². The standard InChI is InChI=1S/C26H36N2O3/c1-6-24(26(30)27-19(2)3)28(18-22-10-7-9-21(5)17-22)25(29)11-8-16-31-23-14-12-20(4)13-15-23/h7,9-10,12-15,17,19,24H,6,8,11,16,18H2,1-5H3,(H,27,30)/t24-/m0/s1.